The second-order valence-electron chi connectivity index (χ2n) is 11.4. The van der Waals surface area contributed by atoms with Gasteiger partial charge in [0.1, 0.15) is 5.75 Å². The minimum Gasteiger partial charge on any atom is -0.482 e. The second kappa shape index (κ2) is 14.7. The number of nitrogens with zero attached hydrogens (tertiary/aromatic N) is 2. The molecule has 0 spiro atoms. The molecule has 0 saturated carbocycles. The molecule has 0 radical (unpaired) electrons. The van der Waals surface area contributed by atoms with Gasteiger partial charge in [0.15, 0.2) is 6.61 Å². The van der Waals surface area contributed by atoms with E-state index in [2.05, 4.69) is 9.97 Å². The topological polar surface area (TPSA) is 237 Å². The van der Waals surface area contributed by atoms with Crippen LogP contribution >= 0.6 is 15.6 Å². The van der Waals surface area contributed by atoms with Gasteiger partial charge in [0.05, 0.1) is 36.0 Å². The molecular formula is C33H32N4O11P2. The van der Waals surface area contributed by atoms with E-state index in [-0.39, 0.29) is 26.1 Å². The molecule has 2 aliphatic rings. The van der Waals surface area contributed by atoms with Crippen LogP contribution in [0.2, 0.25) is 0 Å². The third-order valence-corrected chi connectivity index (χ3v) is 8.84. The summed E-state index contributed by atoms with van der Waals surface area (Å²) in [5.74, 6) is -1.23. The van der Waals surface area contributed by atoms with Gasteiger partial charge in [-0.3, -0.25) is 9.05 Å². The first-order chi connectivity index (χ1) is 23.8. The van der Waals surface area contributed by atoms with E-state index in [1.165, 1.54) is 0 Å². The van der Waals surface area contributed by atoms with Crippen molar-refractivity contribution in [1.82, 2.24) is 19.9 Å². The first-order valence-corrected chi connectivity index (χ1v) is 18.3. The zero-order valence-corrected chi connectivity index (χ0v) is 28.0. The summed E-state index contributed by atoms with van der Waals surface area (Å²) in [6.07, 6.45) is 7.30. The summed E-state index contributed by atoms with van der Waals surface area (Å²) in [4.78, 5) is 64.6. The molecule has 4 aromatic rings. The predicted molar refractivity (Wildman–Crippen MR) is 185 cm³/mol. The number of nitrogens with one attached hydrogen (secondary N) is 2. The fourth-order valence-electron chi connectivity index (χ4n) is 5.75. The fourth-order valence-corrected chi connectivity index (χ4v) is 6.44. The maximum absolute atomic E-state index is 11.4. The van der Waals surface area contributed by atoms with Gasteiger partial charge in [0, 0.05) is 33.2 Å². The summed E-state index contributed by atoms with van der Waals surface area (Å²) in [7, 11) is -9.56. The van der Waals surface area contributed by atoms with Crippen molar-refractivity contribution in [1.29, 1.82) is 0 Å². The highest BCUT2D eigenvalue weighted by Gasteiger charge is 2.25. The van der Waals surface area contributed by atoms with Gasteiger partial charge in [-0.15, -0.1) is 0 Å². The molecule has 5 heterocycles. The molecule has 3 aromatic heterocycles. The normalized spacial score (nSPS) is 12.9. The van der Waals surface area contributed by atoms with Crippen molar-refractivity contribution in [3.05, 3.63) is 89.0 Å². The van der Waals surface area contributed by atoms with Crippen molar-refractivity contribution in [2.45, 2.75) is 18.8 Å². The number of carbonyl (C=O) groups is 1. The van der Waals surface area contributed by atoms with Crippen LogP contribution in [0.1, 0.15) is 47.1 Å². The SMILES string of the molecule is O=C(O)COc1ccc(-c2c3ccc(cc4nc(c(C(CCOP(=O)(O)O)CCOP(=O)(O)O)c5nc(cc6ccc2[nH]6)C=C5)C=C4)[nH]3)cc1. The van der Waals surface area contributed by atoms with Crippen molar-refractivity contribution in [2.75, 3.05) is 19.8 Å². The molecule has 0 fully saturated rings. The molecule has 50 heavy (non-hydrogen) atoms. The molecule has 0 amide bonds. The minimum atomic E-state index is -4.78. The summed E-state index contributed by atoms with van der Waals surface area (Å²) < 4.78 is 37.7. The number of rotatable bonds is 13. The van der Waals surface area contributed by atoms with E-state index in [4.69, 9.17) is 28.9 Å². The Morgan fingerprint density at radius 1 is 0.720 bits per heavy atom. The molecule has 8 bridgehead atoms. The van der Waals surface area contributed by atoms with Crippen LogP contribution in [0.15, 0.2) is 60.7 Å². The summed E-state index contributed by atoms with van der Waals surface area (Å²) in [5, 5.41) is 8.96. The number of carboxylic acid groups (broad SMARTS) is 1. The molecule has 0 atom stereocenters. The summed E-state index contributed by atoms with van der Waals surface area (Å²) in [6, 6.07) is 18.5. The summed E-state index contributed by atoms with van der Waals surface area (Å²) >= 11 is 0. The Morgan fingerprint density at radius 3 is 1.68 bits per heavy atom. The lowest BCUT2D eigenvalue weighted by atomic mass is 9.90. The molecule has 17 heteroatoms. The fraction of sp³-hybridized carbons (Fsp3) is 0.182. The van der Waals surface area contributed by atoms with Crippen LogP contribution in [0.25, 0.3) is 57.5 Å². The van der Waals surface area contributed by atoms with Crippen LogP contribution in [0.4, 0.5) is 0 Å². The number of phosphoric acid groups is 2. The molecule has 2 aliphatic heterocycles. The van der Waals surface area contributed by atoms with Gasteiger partial charge < -0.3 is 39.4 Å². The standard InChI is InChI=1S/C33H32N4O11P2/c38-31(39)19-46-26-7-1-20(2-8-26)32-27-9-3-22(34-27)17-24-5-11-29(36-24)33(30-12-6-25(37-30)18-23-4-10-28(32)35-23)21(13-15-47-49(40,41)42)14-16-48-50(43,44)45/h1-12,17-18,21,34-35H,13-16,19H2,(H,38,39)(H2,40,41,42)(H2,43,44,45). The highest BCUT2D eigenvalue weighted by Crippen LogP contribution is 2.40. The number of aliphatic carboxylic acids is 1. The van der Waals surface area contributed by atoms with E-state index in [9.17, 15) is 33.5 Å². The number of benzene rings is 1. The van der Waals surface area contributed by atoms with Gasteiger partial charge >= 0.3 is 21.6 Å². The monoisotopic (exact) mass is 722 g/mol. The van der Waals surface area contributed by atoms with Gasteiger partial charge in [-0.2, -0.15) is 0 Å². The van der Waals surface area contributed by atoms with E-state index in [0.29, 0.717) is 34.1 Å². The van der Waals surface area contributed by atoms with Crippen molar-refractivity contribution in [3.8, 4) is 16.9 Å². The summed E-state index contributed by atoms with van der Waals surface area (Å²) in [6.45, 7) is -1.14. The molecule has 7 N–H and O–H groups in total. The zero-order valence-electron chi connectivity index (χ0n) is 26.2. The lowest BCUT2D eigenvalue weighted by Gasteiger charge is -2.19. The molecule has 1 aromatic carbocycles. The third kappa shape index (κ3) is 9.10. The minimum absolute atomic E-state index is 0.0635. The van der Waals surface area contributed by atoms with E-state index in [1.54, 1.807) is 36.4 Å². The van der Waals surface area contributed by atoms with Crippen LogP contribution in [0.3, 0.4) is 0 Å². The Hall–Kier alpha value is -4.69. The van der Waals surface area contributed by atoms with Crippen molar-refractivity contribution >= 4 is 68.0 Å². The molecule has 6 rings (SSSR count). The maximum atomic E-state index is 11.4. The predicted octanol–water partition coefficient (Wildman–Crippen LogP) is 5.87. The van der Waals surface area contributed by atoms with Crippen molar-refractivity contribution < 1.29 is 52.4 Å². The second-order valence-corrected chi connectivity index (χ2v) is 13.8. The molecule has 260 valence electrons. The number of phosphoric ester groups is 2. The maximum Gasteiger partial charge on any atom is 0.469 e. The third-order valence-electron chi connectivity index (χ3n) is 7.80. The van der Waals surface area contributed by atoms with Crippen LogP contribution in [-0.4, -0.2) is 70.4 Å². The molecular weight excluding hydrogens is 690 g/mol. The van der Waals surface area contributed by atoms with Gasteiger partial charge in [0.2, 0.25) is 0 Å². The number of ether oxygens (including phenoxy) is 1. The van der Waals surface area contributed by atoms with E-state index < -0.39 is 34.1 Å². The van der Waals surface area contributed by atoms with E-state index >= 15 is 0 Å². The van der Waals surface area contributed by atoms with Gasteiger partial charge in [-0.1, -0.05) is 12.1 Å². The average Bonchev–Trinajstić information content (AvgIpc) is 3.86. The number of H-pyrrole nitrogens is 2. The molecule has 0 aliphatic carbocycles. The van der Waals surface area contributed by atoms with E-state index in [0.717, 1.165) is 33.2 Å². The number of aromatic nitrogens is 4. The first kappa shape index (κ1) is 35.1. The van der Waals surface area contributed by atoms with Crippen molar-refractivity contribution in [3.63, 3.8) is 0 Å². The summed E-state index contributed by atoms with van der Waals surface area (Å²) in [5.41, 5.74) is 7.55. The van der Waals surface area contributed by atoms with Crippen LogP contribution in [0.5, 0.6) is 5.75 Å². The van der Waals surface area contributed by atoms with Crippen molar-refractivity contribution in [2.24, 2.45) is 0 Å². The van der Waals surface area contributed by atoms with Gasteiger partial charge in [-0.05, 0) is 97.2 Å². The van der Waals surface area contributed by atoms with E-state index in [1.807, 2.05) is 48.5 Å². The number of hydrogen-bond acceptors (Lipinski definition) is 8. The highest BCUT2D eigenvalue weighted by molar-refractivity contribution is 7.46. The number of carboxylic acids is 1. The lowest BCUT2D eigenvalue weighted by molar-refractivity contribution is -0.139. The number of hydrogen-bond donors (Lipinski definition) is 7. The Balaban J connectivity index is 1.50. The lowest BCUT2D eigenvalue weighted by Crippen LogP contribution is -2.10. The van der Waals surface area contributed by atoms with Gasteiger partial charge in [0.25, 0.3) is 0 Å². The van der Waals surface area contributed by atoms with Crippen LogP contribution in [-0.2, 0) is 23.0 Å². The smallest absolute Gasteiger partial charge is 0.469 e. The first-order valence-electron chi connectivity index (χ1n) is 15.3. The number of fused-ring (bicyclic) bond motifs is 8. The largest absolute Gasteiger partial charge is 0.482 e. The quantitative estimate of drug-likeness (QED) is 0.0692. The molecule has 0 saturated heterocycles. The Bertz CT molecular complexity index is 2110. The zero-order chi connectivity index (χ0) is 35.5. The highest BCUT2D eigenvalue weighted by atomic mass is 31.2. The number of aromatic amines is 2. The average molecular weight is 723 g/mol. The van der Waals surface area contributed by atoms with Crippen LogP contribution in [0, 0.1) is 0 Å². The van der Waals surface area contributed by atoms with Crippen LogP contribution < -0.4 is 4.74 Å². The van der Waals surface area contributed by atoms with Gasteiger partial charge in [-0.25, -0.2) is 23.9 Å². The Morgan fingerprint density at radius 2 is 1.22 bits per heavy atom. The Labute approximate surface area is 284 Å². The molecule has 15 nitrogen and oxygen atoms in total. The molecule has 0 unspecified atom stereocenters. The Kier molecular flexibility index (Phi) is 10.3.